The Hall–Kier alpha value is -2.64. The van der Waals surface area contributed by atoms with Gasteiger partial charge in [-0.05, 0) is 36.2 Å². The molecule has 2 aromatic rings. The monoisotopic (exact) mass is 305 g/mol. The fourth-order valence-electron chi connectivity index (χ4n) is 3.36. The van der Waals surface area contributed by atoms with Gasteiger partial charge in [-0.2, -0.15) is 5.26 Å². The van der Waals surface area contributed by atoms with Crippen molar-refractivity contribution in [2.75, 3.05) is 13.1 Å². The number of nitriles is 1. The topological polar surface area (TPSA) is 70.1 Å². The van der Waals surface area contributed by atoms with Crippen molar-refractivity contribution >= 4 is 5.91 Å². The van der Waals surface area contributed by atoms with Gasteiger partial charge in [0.2, 0.25) is 5.91 Å². The van der Waals surface area contributed by atoms with Crippen LogP contribution in [0, 0.1) is 11.3 Å². The van der Waals surface area contributed by atoms with Gasteiger partial charge in [0.1, 0.15) is 0 Å². The first-order valence-electron chi connectivity index (χ1n) is 7.71. The van der Waals surface area contributed by atoms with E-state index in [1.807, 2.05) is 48.5 Å². The second-order valence-corrected chi connectivity index (χ2v) is 6.09. The smallest absolute Gasteiger partial charge is 0.229 e. The minimum Gasteiger partial charge on any atom is -0.369 e. The van der Waals surface area contributed by atoms with Crippen LogP contribution >= 0.6 is 0 Å². The molecule has 1 aliphatic heterocycles. The van der Waals surface area contributed by atoms with Crippen LogP contribution < -0.4 is 5.73 Å². The average molecular weight is 305 g/mol. The number of hydrogen-bond acceptors (Lipinski definition) is 3. The molecule has 0 spiro atoms. The van der Waals surface area contributed by atoms with E-state index in [0.29, 0.717) is 12.1 Å². The molecule has 0 saturated carbocycles. The molecule has 1 amide bonds. The molecule has 1 atom stereocenters. The second-order valence-electron chi connectivity index (χ2n) is 6.09. The van der Waals surface area contributed by atoms with Gasteiger partial charge in [0.05, 0.1) is 17.0 Å². The molecule has 0 unspecified atom stereocenters. The molecule has 1 saturated heterocycles. The third-order valence-electron chi connectivity index (χ3n) is 4.61. The normalized spacial score (nSPS) is 21.0. The van der Waals surface area contributed by atoms with Crippen molar-refractivity contribution in [1.29, 1.82) is 5.26 Å². The number of carbonyl (C=O) groups is 1. The Morgan fingerprint density at radius 2 is 2.00 bits per heavy atom. The quantitative estimate of drug-likeness (QED) is 0.941. The van der Waals surface area contributed by atoms with Crippen LogP contribution in [0.1, 0.15) is 23.1 Å². The molecule has 0 aromatic heterocycles. The molecule has 0 aliphatic carbocycles. The highest BCUT2D eigenvalue weighted by atomic mass is 16.1. The van der Waals surface area contributed by atoms with Gasteiger partial charge in [-0.3, -0.25) is 9.69 Å². The molecule has 4 heteroatoms. The number of benzene rings is 2. The second kappa shape index (κ2) is 6.23. The van der Waals surface area contributed by atoms with E-state index in [0.717, 1.165) is 30.6 Å². The highest BCUT2D eigenvalue weighted by Crippen LogP contribution is 2.35. The average Bonchev–Trinajstić information content (AvgIpc) is 3.01. The number of nitrogens with zero attached hydrogens (tertiary/aromatic N) is 2. The fourth-order valence-corrected chi connectivity index (χ4v) is 3.36. The van der Waals surface area contributed by atoms with Crippen molar-refractivity contribution in [3.8, 4) is 6.07 Å². The Morgan fingerprint density at radius 1 is 1.22 bits per heavy atom. The van der Waals surface area contributed by atoms with Crippen LogP contribution in [0.2, 0.25) is 0 Å². The van der Waals surface area contributed by atoms with Gasteiger partial charge in [0.15, 0.2) is 0 Å². The Bertz CT molecular complexity index is 751. The summed E-state index contributed by atoms with van der Waals surface area (Å²) in [6.45, 7) is 2.15. The minimum atomic E-state index is -0.617. The third-order valence-corrected chi connectivity index (χ3v) is 4.61. The van der Waals surface area contributed by atoms with Crippen LogP contribution in [-0.4, -0.2) is 23.9 Å². The van der Waals surface area contributed by atoms with Gasteiger partial charge >= 0.3 is 0 Å². The molecular weight excluding hydrogens is 286 g/mol. The number of likely N-dealkylation sites (tertiary alicyclic amines) is 1. The van der Waals surface area contributed by atoms with Crippen LogP contribution in [0.4, 0.5) is 0 Å². The summed E-state index contributed by atoms with van der Waals surface area (Å²) < 4.78 is 0. The standard InChI is InChI=1S/C19H19N3O/c20-12-15-5-4-6-16(11-15)13-22-10-9-19(14-22,18(21)23)17-7-2-1-3-8-17/h1-8,11H,9-10,13-14H2,(H2,21,23)/t19-/m1/s1. The van der Waals surface area contributed by atoms with E-state index in [9.17, 15) is 4.79 Å². The molecule has 1 aliphatic rings. The van der Waals surface area contributed by atoms with Crippen molar-refractivity contribution < 1.29 is 4.79 Å². The summed E-state index contributed by atoms with van der Waals surface area (Å²) in [7, 11) is 0. The van der Waals surface area contributed by atoms with E-state index >= 15 is 0 Å². The predicted octanol–water partition coefficient (Wildman–Crippen LogP) is 2.19. The molecule has 2 N–H and O–H groups in total. The lowest BCUT2D eigenvalue weighted by molar-refractivity contribution is -0.123. The largest absolute Gasteiger partial charge is 0.369 e. The van der Waals surface area contributed by atoms with Crippen LogP contribution in [0.5, 0.6) is 0 Å². The Balaban J connectivity index is 1.81. The van der Waals surface area contributed by atoms with Gasteiger partial charge in [0, 0.05) is 13.1 Å². The van der Waals surface area contributed by atoms with Gasteiger partial charge in [-0.25, -0.2) is 0 Å². The van der Waals surface area contributed by atoms with Gasteiger partial charge < -0.3 is 5.73 Å². The van der Waals surface area contributed by atoms with Crippen molar-refractivity contribution in [2.24, 2.45) is 5.73 Å². The van der Waals surface area contributed by atoms with Crippen molar-refractivity contribution in [3.05, 3.63) is 71.3 Å². The Kier molecular flexibility index (Phi) is 4.14. The summed E-state index contributed by atoms with van der Waals surface area (Å²) in [5.41, 5.74) is 7.87. The SMILES string of the molecule is N#Cc1cccc(CN2CC[C@](C(N)=O)(c3ccccc3)C2)c1. The Morgan fingerprint density at radius 3 is 2.70 bits per heavy atom. The maximum atomic E-state index is 12.2. The van der Waals surface area contributed by atoms with E-state index in [2.05, 4.69) is 11.0 Å². The lowest BCUT2D eigenvalue weighted by atomic mass is 9.79. The summed E-state index contributed by atoms with van der Waals surface area (Å²) in [5.74, 6) is -0.267. The summed E-state index contributed by atoms with van der Waals surface area (Å²) >= 11 is 0. The minimum absolute atomic E-state index is 0.267. The molecule has 1 heterocycles. The Labute approximate surface area is 136 Å². The van der Waals surface area contributed by atoms with E-state index in [1.165, 1.54) is 0 Å². The first kappa shape index (κ1) is 15.3. The molecule has 1 fully saturated rings. The molecule has 2 aromatic carbocycles. The zero-order valence-corrected chi connectivity index (χ0v) is 12.9. The number of carbonyl (C=O) groups excluding carboxylic acids is 1. The number of amides is 1. The number of rotatable bonds is 4. The lowest BCUT2D eigenvalue weighted by Crippen LogP contribution is -2.43. The summed E-state index contributed by atoms with van der Waals surface area (Å²) in [6.07, 6.45) is 0.726. The van der Waals surface area contributed by atoms with E-state index in [1.54, 1.807) is 6.07 Å². The fraction of sp³-hybridized carbons (Fsp3) is 0.263. The molecule has 116 valence electrons. The third kappa shape index (κ3) is 2.96. The zero-order chi connectivity index (χ0) is 16.3. The number of hydrogen-bond donors (Lipinski definition) is 1. The van der Waals surface area contributed by atoms with Crippen LogP contribution in [-0.2, 0) is 16.8 Å². The predicted molar refractivity (Wildman–Crippen MR) is 88.4 cm³/mol. The van der Waals surface area contributed by atoms with E-state index in [4.69, 9.17) is 11.0 Å². The molecule has 0 bridgehead atoms. The summed E-state index contributed by atoms with van der Waals surface area (Å²) in [5, 5.41) is 9.00. The van der Waals surface area contributed by atoms with Gasteiger partial charge in [-0.1, -0.05) is 42.5 Å². The van der Waals surface area contributed by atoms with Gasteiger partial charge in [-0.15, -0.1) is 0 Å². The lowest BCUT2D eigenvalue weighted by Gasteiger charge is -2.26. The van der Waals surface area contributed by atoms with E-state index < -0.39 is 5.41 Å². The van der Waals surface area contributed by atoms with Crippen molar-refractivity contribution in [1.82, 2.24) is 4.90 Å². The molecule has 3 rings (SSSR count). The van der Waals surface area contributed by atoms with Crippen LogP contribution in [0.3, 0.4) is 0 Å². The number of primary amides is 1. The van der Waals surface area contributed by atoms with Gasteiger partial charge in [0.25, 0.3) is 0 Å². The van der Waals surface area contributed by atoms with Crippen molar-refractivity contribution in [3.63, 3.8) is 0 Å². The molecular formula is C19H19N3O. The first-order chi connectivity index (χ1) is 11.1. The molecule has 23 heavy (non-hydrogen) atoms. The maximum Gasteiger partial charge on any atom is 0.229 e. The van der Waals surface area contributed by atoms with Crippen molar-refractivity contribution in [2.45, 2.75) is 18.4 Å². The summed E-state index contributed by atoms with van der Waals surface area (Å²) in [6, 6.07) is 19.5. The highest BCUT2D eigenvalue weighted by Gasteiger charge is 2.44. The van der Waals surface area contributed by atoms with Crippen LogP contribution in [0.15, 0.2) is 54.6 Å². The maximum absolute atomic E-state index is 12.2. The molecule has 0 radical (unpaired) electrons. The summed E-state index contributed by atoms with van der Waals surface area (Å²) in [4.78, 5) is 14.4. The van der Waals surface area contributed by atoms with Crippen LogP contribution in [0.25, 0.3) is 0 Å². The first-order valence-corrected chi connectivity index (χ1v) is 7.71. The zero-order valence-electron chi connectivity index (χ0n) is 12.9. The molecule has 4 nitrogen and oxygen atoms in total. The highest BCUT2D eigenvalue weighted by molar-refractivity contribution is 5.87. The van der Waals surface area contributed by atoms with E-state index in [-0.39, 0.29) is 5.91 Å². The number of nitrogens with two attached hydrogens (primary N) is 1.